The third kappa shape index (κ3) is 6.00. The van der Waals surface area contributed by atoms with Crippen molar-refractivity contribution < 1.29 is 18.4 Å². The van der Waals surface area contributed by atoms with Crippen molar-refractivity contribution in [2.24, 2.45) is 0 Å². The molecule has 0 spiro atoms. The van der Waals surface area contributed by atoms with Crippen molar-refractivity contribution in [1.82, 2.24) is 0 Å². The molecule has 0 saturated carbocycles. The van der Waals surface area contributed by atoms with Gasteiger partial charge in [-0.05, 0) is 79.5 Å². The lowest BCUT2D eigenvalue weighted by Crippen LogP contribution is -2.29. The molecule has 0 aliphatic heterocycles. The topological polar surface area (TPSA) is 34.1 Å². The van der Waals surface area contributed by atoms with Gasteiger partial charge in [-0.15, -0.1) is 0 Å². The van der Waals surface area contributed by atoms with E-state index in [1.165, 1.54) is 0 Å². The molecular weight excluding hydrogens is 757 g/mol. The molecule has 0 atom stereocenters. The Balaban J connectivity index is 1.24. The number of allylic oxidation sites excluding steroid dienone is 12. The van der Waals surface area contributed by atoms with Crippen LogP contribution in [-0.4, -0.2) is 22.2 Å². The van der Waals surface area contributed by atoms with Gasteiger partial charge in [-0.25, -0.2) is 8.78 Å². The van der Waals surface area contributed by atoms with Gasteiger partial charge in [0, 0.05) is 0 Å². The zero-order chi connectivity index (χ0) is 39.7. The third-order valence-electron chi connectivity index (χ3n) is 11.0. The second-order valence-electron chi connectivity index (χ2n) is 14.1. The van der Waals surface area contributed by atoms with Crippen LogP contribution in [0.4, 0.5) is 8.78 Å². The van der Waals surface area contributed by atoms with Gasteiger partial charge in [0.2, 0.25) is 0 Å². The lowest BCUT2D eigenvalue weighted by atomic mass is 9.86. The van der Waals surface area contributed by atoms with E-state index in [-0.39, 0.29) is 11.1 Å². The smallest absolute Gasteiger partial charge is 0.251 e. The van der Waals surface area contributed by atoms with Gasteiger partial charge in [-0.2, -0.15) is 0 Å². The molecule has 280 valence electrons. The fourth-order valence-corrected chi connectivity index (χ4v) is 17.0. The zero-order valence-corrected chi connectivity index (χ0v) is 33.0. The molecule has 6 heteroatoms. The van der Waals surface area contributed by atoms with E-state index in [0.717, 1.165) is 42.4 Å². The van der Waals surface area contributed by atoms with Crippen LogP contribution < -0.4 is 31.8 Å². The van der Waals surface area contributed by atoms with Crippen molar-refractivity contribution in [3.8, 4) is 0 Å². The molecule has 3 aliphatic rings. The minimum absolute atomic E-state index is 0.231. The molecule has 0 saturated heterocycles. The number of hydrogen-bond acceptors (Lipinski definition) is 2. The van der Waals surface area contributed by atoms with E-state index in [4.69, 9.17) is 0 Å². The lowest BCUT2D eigenvalue weighted by Gasteiger charge is -2.30. The highest BCUT2D eigenvalue weighted by atomic mass is 31.2. The molecule has 9 rings (SSSR count). The Hall–Kier alpha value is -6.44. The predicted molar refractivity (Wildman–Crippen MR) is 241 cm³/mol. The molecule has 0 radical (unpaired) electrons. The van der Waals surface area contributed by atoms with Gasteiger partial charge in [0.15, 0.2) is 17.4 Å². The van der Waals surface area contributed by atoms with Crippen molar-refractivity contribution in [3.63, 3.8) is 0 Å². The Bertz CT molecular complexity index is 2500. The van der Waals surface area contributed by atoms with Gasteiger partial charge in [0.25, 0.3) is 5.78 Å². The third-order valence-corrected chi connectivity index (χ3v) is 19.5. The Morgan fingerprint density at radius 3 is 0.793 bits per heavy atom. The first-order chi connectivity index (χ1) is 28.5. The Kier molecular flexibility index (Phi) is 9.92. The van der Waals surface area contributed by atoms with Gasteiger partial charge in [0.1, 0.15) is 0 Å². The highest BCUT2D eigenvalue weighted by Crippen LogP contribution is 2.50. The van der Waals surface area contributed by atoms with Crippen LogP contribution in [0.1, 0.15) is 0 Å². The monoisotopic (exact) mass is 792 g/mol. The second-order valence-corrected chi connectivity index (χ2v) is 20.9. The van der Waals surface area contributed by atoms with E-state index in [9.17, 15) is 9.59 Å². The fourth-order valence-electron chi connectivity index (χ4n) is 8.45. The van der Waals surface area contributed by atoms with Crippen LogP contribution in [0.2, 0.25) is 0 Å². The van der Waals surface area contributed by atoms with E-state index >= 15 is 8.78 Å². The van der Waals surface area contributed by atoms with Crippen molar-refractivity contribution in [2.45, 2.75) is 0 Å². The van der Waals surface area contributed by atoms with Crippen LogP contribution in [0.25, 0.3) is 0 Å². The van der Waals surface area contributed by atoms with Crippen molar-refractivity contribution in [2.75, 3.05) is 0 Å². The molecule has 58 heavy (non-hydrogen) atoms. The van der Waals surface area contributed by atoms with Crippen LogP contribution >= 0.6 is 13.8 Å². The van der Waals surface area contributed by atoms with Crippen molar-refractivity contribution in [3.05, 3.63) is 252 Å². The summed E-state index contributed by atoms with van der Waals surface area (Å²) in [5.41, 5.74) is -0.403. The highest BCUT2D eigenvalue weighted by molar-refractivity contribution is 7.96. The van der Waals surface area contributed by atoms with Crippen molar-refractivity contribution >= 4 is 67.8 Å². The molecule has 0 amide bonds. The number of carbonyl (C=O) groups is 2. The molecular formula is C52H36F2O2P2. The summed E-state index contributed by atoms with van der Waals surface area (Å²) in [6.45, 7) is -5.21. The number of Topliss-reactive ketones (excluding diaryl/α,β-unsaturated/α-hetero) is 2. The summed E-state index contributed by atoms with van der Waals surface area (Å²) in [5.74, 6) is -5.08. The van der Waals surface area contributed by atoms with Crippen LogP contribution in [0, 0.1) is 0 Å². The second kappa shape index (κ2) is 15.5. The Morgan fingerprint density at radius 1 is 0.310 bits per heavy atom. The quantitative estimate of drug-likeness (QED) is 0.114. The van der Waals surface area contributed by atoms with Crippen LogP contribution in [0.5, 0.6) is 0 Å². The maximum absolute atomic E-state index is 16.3. The van der Waals surface area contributed by atoms with E-state index in [2.05, 4.69) is 72.8 Å². The van der Waals surface area contributed by atoms with Crippen LogP contribution in [-0.2, 0) is 9.59 Å². The van der Waals surface area contributed by atoms with E-state index < -0.39 is 48.1 Å². The van der Waals surface area contributed by atoms with Gasteiger partial charge in [-0.1, -0.05) is 206 Å². The minimum atomic E-state index is -2.60. The zero-order valence-electron chi connectivity index (χ0n) is 31.3. The average Bonchev–Trinajstić information content (AvgIpc) is 3.98. The van der Waals surface area contributed by atoms with Gasteiger partial charge in [-0.3, -0.25) is 9.59 Å². The van der Waals surface area contributed by atoms with Crippen LogP contribution in [0.3, 0.4) is 0 Å². The molecule has 2 nitrogen and oxygen atoms in total. The number of benzene rings is 6. The molecule has 3 aliphatic carbocycles. The maximum Gasteiger partial charge on any atom is 0.251 e. The summed E-state index contributed by atoms with van der Waals surface area (Å²) in [6, 6.07) is 61.1. The summed E-state index contributed by atoms with van der Waals surface area (Å²) in [6.07, 6.45) is 10.8. The summed E-state index contributed by atoms with van der Waals surface area (Å²) < 4.78 is 32.6. The van der Waals surface area contributed by atoms with Crippen LogP contribution in [0.15, 0.2) is 252 Å². The number of rotatable bonds is 8. The summed E-state index contributed by atoms with van der Waals surface area (Å²) in [5, 5.41) is 8.19. The normalized spacial score (nSPS) is 15.7. The first kappa shape index (κ1) is 37.2. The summed E-state index contributed by atoms with van der Waals surface area (Å²) >= 11 is 0. The first-order valence-electron chi connectivity index (χ1n) is 19.0. The number of carbonyl (C=O) groups excluding carboxylic acids is 2. The summed E-state index contributed by atoms with van der Waals surface area (Å²) in [4.78, 5) is 28.3. The van der Waals surface area contributed by atoms with Gasteiger partial charge in [0.05, 0.1) is 11.1 Å². The molecule has 6 aromatic rings. The highest BCUT2D eigenvalue weighted by Gasteiger charge is 2.40. The van der Waals surface area contributed by atoms with Gasteiger partial charge >= 0.3 is 0 Å². The van der Waals surface area contributed by atoms with E-state index in [1.54, 1.807) is 12.2 Å². The molecule has 0 fully saturated rings. The molecule has 0 N–H and O–H groups in total. The number of hydrogen-bond donors (Lipinski definition) is 0. The maximum atomic E-state index is 16.3. The molecule has 0 unspecified atom stereocenters. The molecule has 6 aromatic carbocycles. The Morgan fingerprint density at radius 2 is 0.552 bits per heavy atom. The lowest BCUT2D eigenvalue weighted by molar-refractivity contribution is -0.118. The Labute approximate surface area is 337 Å². The number of ketones is 2. The molecule has 0 aromatic heterocycles. The predicted octanol–water partition coefficient (Wildman–Crippen LogP) is 8.91. The molecule has 0 heterocycles. The first-order valence-corrected chi connectivity index (χ1v) is 22.6. The fraction of sp³-hybridized carbons (Fsp3) is 0. The van der Waals surface area contributed by atoms with E-state index in [0.29, 0.717) is 0 Å². The number of halogens is 2. The summed E-state index contributed by atoms with van der Waals surface area (Å²) in [7, 11) is 0. The standard InChI is InChI=1S/C52H36F2O2P2/c53-49-47(37-31-33-45(35-37)57(39-19-7-1-8-20-39,40-21-9-2-10-22-40)41-23-11-3-12-24-41)51(55)48(50(54)52(49)56)38-32-34-46(36-38)58(42-25-13-4-14-26-42,43-27-15-5-16-28-43)44-29-17-6-18-30-44/h1-36H. The SMILES string of the molecule is O=C1C(F)=C(C2=CC(=P(c3ccccc3)(c3ccccc3)c3ccccc3)C=C2)C(=O)C(C2=CC(=P(c3ccccc3)(c3ccccc3)c3ccccc3)C=C2)=C1F. The van der Waals surface area contributed by atoms with Gasteiger partial charge < -0.3 is 0 Å². The average molecular weight is 793 g/mol. The van der Waals surface area contributed by atoms with Crippen molar-refractivity contribution in [1.29, 1.82) is 0 Å². The largest absolute Gasteiger partial charge is 0.288 e. The minimum Gasteiger partial charge on any atom is -0.288 e. The molecule has 0 bridgehead atoms. The van der Waals surface area contributed by atoms with E-state index in [1.807, 2.05) is 133 Å².